The Labute approximate surface area is 106 Å². The number of hydrogen-bond acceptors (Lipinski definition) is 4. The van der Waals surface area contributed by atoms with E-state index in [0.29, 0.717) is 5.92 Å². The van der Waals surface area contributed by atoms with E-state index >= 15 is 0 Å². The van der Waals surface area contributed by atoms with E-state index in [1.165, 1.54) is 12.8 Å². The maximum absolute atomic E-state index is 11.7. The number of aromatic nitrogens is 2. The van der Waals surface area contributed by atoms with Crippen molar-refractivity contribution in [2.45, 2.75) is 18.8 Å². The number of fused-ring (bicyclic) bond motifs is 1. The summed E-state index contributed by atoms with van der Waals surface area (Å²) in [4.78, 5) is 21.5. The molecule has 1 aliphatic carbocycles. The Kier molecular flexibility index (Phi) is 2.24. The number of anilines is 1. The monoisotopic (exact) mass is 246 g/mol. The van der Waals surface area contributed by atoms with E-state index in [4.69, 9.17) is 0 Å². The standard InChI is InChI=1S/C13H18N4O/c18-12-3-11(15-13(16-12)8-1-2-8)17-6-9-4-14-5-10(9)7-17/h3,8-10,14H,1-2,4-7H2,(H,15,16,18)/t9-,10+. The number of rotatable bonds is 2. The van der Waals surface area contributed by atoms with Gasteiger partial charge in [-0.25, -0.2) is 4.98 Å². The molecule has 18 heavy (non-hydrogen) atoms. The van der Waals surface area contributed by atoms with E-state index in [-0.39, 0.29) is 5.56 Å². The molecule has 3 heterocycles. The summed E-state index contributed by atoms with van der Waals surface area (Å²) in [7, 11) is 0. The summed E-state index contributed by atoms with van der Waals surface area (Å²) >= 11 is 0. The second kappa shape index (κ2) is 3.82. The van der Waals surface area contributed by atoms with E-state index in [0.717, 1.165) is 49.7 Å². The second-order valence-corrected chi connectivity index (χ2v) is 5.85. The first kappa shape index (κ1) is 10.6. The molecular formula is C13H18N4O. The molecular weight excluding hydrogens is 228 g/mol. The maximum atomic E-state index is 11.7. The van der Waals surface area contributed by atoms with Crippen molar-refractivity contribution in [3.05, 3.63) is 22.2 Å². The van der Waals surface area contributed by atoms with Crippen LogP contribution in [0, 0.1) is 11.8 Å². The largest absolute Gasteiger partial charge is 0.356 e. The molecule has 1 saturated carbocycles. The fourth-order valence-corrected chi connectivity index (χ4v) is 3.22. The Morgan fingerprint density at radius 1 is 1.22 bits per heavy atom. The third kappa shape index (κ3) is 1.73. The molecule has 2 saturated heterocycles. The first-order chi connectivity index (χ1) is 8.79. The fourth-order valence-electron chi connectivity index (χ4n) is 3.22. The average molecular weight is 246 g/mol. The highest BCUT2D eigenvalue weighted by molar-refractivity contribution is 5.40. The summed E-state index contributed by atoms with van der Waals surface area (Å²) in [5, 5.41) is 3.43. The highest BCUT2D eigenvalue weighted by Gasteiger charge is 2.37. The van der Waals surface area contributed by atoms with Gasteiger partial charge < -0.3 is 15.2 Å². The molecule has 3 aliphatic rings. The van der Waals surface area contributed by atoms with Crippen LogP contribution in [0.1, 0.15) is 24.6 Å². The van der Waals surface area contributed by atoms with Crippen LogP contribution in [0.25, 0.3) is 0 Å². The van der Waals surface area contributed by atoms with E-state index in [1.807, 2.05) is 0 Å². The molecule has 1 aromatic rings. The van der Waals surface area contributed by atoms with Crippen LogP contribution in [0.5, 0.6) is 0 Å². The Bertz CT molecular complexity index is 510. The Morgan fingerprint density at radius 3 is 2.61 bits per heavy atom. The molecule has 0 bridgehead atoms. The summed E-state index contributed by atoms with van der Waals surface area (Å²) in [5.41, 5.74) is -0.00270. The molecule has 2 aliphatic heterocycles. The van der Waals surface area contributed by atoms with Crippen molar-refractivity contribution in [1.29, 1.82) is 0 Å². The molecule has 0 radical (unpaired) electrons. The van der Waals surface area contributed by atoms with E-state index in [1.54, 1.807) is 6.07 Å². The molecule has 0 unspecified atom stereocenters. The summed E-state index contributed by atoms with van der Waals surface area (Å²) in [6, 6.07) is 1.65. The molecule has 5 nitrogen and oxygen atoms in total. The van der Waals surface area contributed by atoms with Crippen LogP contribution in [0.4, 0.5) is 5.82 Å². The van der Waals surface area contributed by atoms with E-state index in [2.05, 4.69) is 20.2 Å². The molecule has 2 atom stereocenters. The van der Waals surface area contributed by atoms with Gasteiger partial charge in [-0.1, -0.05) is 0 Å². The van der Waals surface area contributed by atoms with E-state index < -0.39 is 0 Å². The highest BCUT2D eigenvalue weighted by atomic mass is 16.1. The molecule has 1 aromatic heterocycles. The number of aromatic amines is 1. The lowest BCUT2D eigenvalue weighted by Gasteiger charge is -2.18. The second-order valence-electron chi connectivity index (χ2n) is 5.85. The van der Waals surface area contributed by atoms with Gasteiger partial charge >= 0.3 is 0 Å². The molecule has 96 valence electrons. The minimum absolute atomic E-state index is 0.00270. The van der Waals surface area contributed by atoms with Crippen LogP contribution in [-0.2, 0) is 0 Å². The van der Waals surface area contributed by atoms with Gasteiger partial charge in [0.15, 0.2) is 0 Å². The normalized spacial score (nSPS) is 30.8. The number of hydrogen-bond donors (Lipinski definition) is 2. The fraction of sp³-hybridized carbons (Fsp3) is 0.692. The SMILES string of the molecule is O=c1cc(N2C[C@H]3CNC[C@H]3C2)nc(C2CC2)[nH]1. The van der Waals surface area contributed by atoms with E-state index in [9.17, 15) is 4.79 Å². The van der Waals surface area contributed by atoms with Gasteiger partial charge in [0, 0.05) is 38.2 Å². The van der Waals surface area contributed by atoms with Crippen molar-refractivity contribution in [3.63, 3.8) is 0 Å². The lowest BCUT2D eigenvalue weighted by molar-refractivity contribution is 0.533. The van der Waals surface area contributed by atoms with Gasteiger partial charge in [0.1, 0.15) is 11.6 Å². The molecule has 4 rings (SSSR count). The maximum Gasteiger partial charge on any atom is 0.252 e. The third-order valence-corrected chi connectivity index (χ3v) is 4.42. The van der Waals surface area contributed by atoms with Crippen molar-refractivity contribution in [3.8, 4) is 0 Å². The highest BCUT2D eigenvalue weighted by Crippen LogP contribution is 2.38. The third-order valence-electron chi connectivity index (χ3n) is 4.42. The average Bonchev–Trinajstić information content (AvgIpc) is 2.97. The molecule has 0 amide bonds. The molecule has 5 heteroatoms. The number of nitrogens with zero attached hydrogens (tertiary/aromatic N) is 2. The first-order valence-corrected chi connectivity index (χ1v) is 6.86. The molecule has 3 fully saturated rings. The number of H-pyrrole nitrogens is 1. The van der Waals surface area contributed by atoms with Crippen molar-refractivity contribution in [1.82, 2.24) is 15.3 Å². The Morgan fingerprint density at radius 2 is 1.94 bits per heavy atom. The lowest BCUT2D eigenvalue weighted by Crippen LogP contribution is -2.28. The van der Waals surface area contributed by atoms with Gasteiger partial charge in [-0.15, -0.1) is 0 Å². The quantitative estimate of drug-likeness (QED) is 0.788. The van der Waals surface area contributed by atoms with Gasteiger partial charge in [0.2, 0.25) is 0 Å². The molecule has 0 spiro atoms. The zero-order chi connectivity index (χ0) is 12.1. The minimum atomic E-state index is -0.00270. The summed E-state index contributed by atoms with van der Waals surface area (Å²) in [6.45, 7) is 4.30. The van der Waals surface area contributed by atoms with Crippen LogP contribution in [0.2, 0.25) is 0 Å². The van der Waals surface area contributed by atoms with Crippen LogP contribution in [-0.4, -0.2) is 36.1 Å². The van der Waals surface area contributed by atoms with Gasteiger partial charge in [-0.05, 0) is 24.7 Å². The van der Waals surface area contributed by atoms with Crippen molar-refractivity contribution < 1.29 is 0 Å². The molecule has 2 N–H and O–H groups in total. The van der Waals surface area contributed by atoms with Gasteiger partial charge in [-0.3, -0.25) is 4.79 Å². The van der Waals surface area contributed by atoms with Crippen LogP contribution in [0.3, 0.4) is 0 Å². The van der Waals surface area contributed by atoms with Gasteiger partial charge in [0.05, 0.1) is 0 Å². The molecule has 0 aromatic carbocycles. The van der Waals surface area contributed by atoms with Crippen molar-refractivity contribution in [2.24, 2.45) is 11.8 Å². The van der Waals surface area contributed by atoms with Gasteiger partial charge in [0.25, 0.3) is 5.56 Å². The summed E-state index contributed by atoms with van der Waals surface area (Å²) < 4.78 is 0. The van der Waals surface area contributed by atoms with Gasteiger partial charge in [-0.2, -0.15) is 0 Å². The van der Waals surface area contributed by atoms with Crippen molar-refractivity contribution >= 4 is 5.82 Å². The predicted octanol–water partition coefficient (Wildman–Crippen LogP) is 0.303. The zero-order valence-electron chi connectivity index (χ0n) is 10.4. The van der Waals surface area contributed by atoms with Crippen LogP contribution < -0.4 is 15.8 Å². The summed E-state index contributed by atoms with van der Waals surface area (Å²) in [5.74, 6) is 3.75. The Balaban J connectivity index is 1.62. The minimum Gasteiger partial charge on any atom is -0.356 e. The van der Waals surface area contributed by atoms with Crippen LogP contribution >= 0.6 is 0 Å². The summed E-state index contributed by atoms with van der Waals surface area (Å²) in [6.07, 6.45) is 2.34. The zero-order valence-corrected chi connectivity index (χ0v) is 10.4. The lowest BCUT2D eigenvalue weighted by atomic mass is 10.0. The topological polar surface area (TPSA) is 61.0 Å². The Hall–Kier alpha value is -1.36. The first-order valence-electron chi connectivity index (χ1n) is 6.86. The predicted molar refractivity (Wildman–Crippen MR) is 68.9 cm³/mol. The smallest absolute Gasteiger partial charge is 0.252 e. The van der Waals surface area contributed by atoms with Crippen molar-refractivity contribution in [2.75, 3.05) is 31.1 Å². The van der Waals surface area contributed by atoms with Crippen LogP contribution in [0.15, 0.2) is 10.9 Å². The number of nitrogens with one attached hydrogen (secondary N) is 2.